The molecule has 3 nitrogen and oxygen atoms in total. The van der Waals surface area contributed by atoms with Gasteiger partial charge in [0, 0.05) is 18.9 Å². The summed E-state index contributed by atoms with van der Waals surface area (Å²) in [7, 11) is 0. The number of carbonyl (C=O) groups is 1. The van der Waals surface area contributed by atoms with Crippen molar-refractivity contribution in [2.75, 3.05) is 0 Å². The van der Waals surface area contributed by atoms with Crippen molar-refractivity contribution in [1.82, 2.24) is 0 Å². The maximum absolute atomic E-state index is 11.0. The van der Waals surface area contributed by atoms with Crippen molar-refractivity contribution in [2.24, 2.45) is 0 Å². The van der Waals surface area contributed by atoms with Crippen LogP contribution in [0.4, 0.5) is 0 Å². The summed E-state index contributed by atoms with van der Waals surface area (Å²) in [6, 6.07) is 18.8. The molecule has 139 valence electrons. The van der Waals surface area contributed by atoms with Gasteiger partial charge >= 0.3 is 5.97 Å². The summed E-state index contributed by atoms with van der Waals surface area (Å²) in [5.41, 5.74) is 3.74. The fourth-order valence-corrected chi connectivity index (χ4v) is 3.57. The van der Waals surface area contributed by atoms with Crippen LogP contribution in [0.5, 0.6) is 0 Å². The SMILES string of the molecule is O=C(O)[C@@H]1O[C@H]1c1ccccc1CCCCCCCCc1ccccc1.[Li]. The molecule has 0 amide bonds. The number of hydrogen-bond donors (Lipinski definition) is 1. The first-order chi connectivity index (χ1) is 12.8. The predicted octanol–water partition coefficient (Wildman–Crippen LogP) is 4.96. The number of epoxide rings is 1. The van der Waals surface area contributed by atoms with Gasteiger partial charge in [0.1, 0.15) is 6.10 Å². The number of aryl methyl sites for hydroxylation is 2. The number of aliphatic carboxylic acids is 1. The molecule has 0 aliphatic carbocycles. The van der Waals surface area contributed by atoms with Crippen LogP contribution < -0.4 is 0 Å². The zero-order valence-corrected chi connectivity index (χ0v) is 16.3. The van der Waals surface area contributed by atoms with Gasteiger partial charge in [-0.2, -0.15) is 0 Å². The van der Waals surface area contributed by atoms with Gasteiger partial charge in [-0.05, 0) is 42.4 Å². The van der Waals surface area contributed by atoms with E-state index in [1.54, 1.807) is 0 Å². The molecule has 1 heterocycles. The van der Waals surface area contributed by atoms with Crippen LogP contribution in [0.3, 0.4) is 0 Å². The van der Waals surface area contributed by atoms with E-state index in [-0.39, 0.29) is 25.0 Å². The number of carboxylic acid groups (broad SMARTS) is 1. The van der Waals surface area contributed by atoms with E-state index in [2.05, 4.69) is 36.4 Å². The Balaban J connectivity index is 0.00000261. The van der Waals surface area contributed by atoms with Crippen molar-refractivity contribution in [3.05, 3.63) is 71.3 Å². The number of unbranched alkanes of at least 4 members (excludes halogenated alkanes) is 5. The van der Waals surface area contributed by atoms with Crippen LogP contribution in [-0.2, 0) is 22.4 Å². The van der Waals surface area contributed by atoms with Gasteiger partial charge in [0.15, 0.2) is 6.10 Å². The molecule has 2 aromatic carbocycles. The van der Waals surface area contributed by atoms with E-state index >= 15 is 0 Å². The van der Waals surface area contributed by atoms with E-state index in [1.807, 2.05) is 18.2 Å². The zero-order chi connectivity index (χ0) is 18.2. The Morgan fingerprint density at radius 2 is 1.41 bits per heavy atom. The molecule has 2 atom stereocenters. The van der Waals surface area contributed by atoms with Gasteiger partial charge in [-0.15, -0.1) is 0 Å². The van der Waals surface area contributed by atoms with Gasteiger partial charge in [-0.25, -0.2) is 4.79 Å². The maximum atomic E-state index is 11.0. The van der Waals surface area contributed by atoms with Gasteiger partial charge in [-0.3, -0.25) is 0 Å². The quantitative estimate of drug-likeness (QED) is 0.351. The summed E-state index contributed by atoms with van der Waals surface area (Å²) >= 11 is 0. The van der Waals surface area contributed by atoms with Gasteiger partial charge < -0.3 is 9.84 Å². The molecule has 4 heteroatoms. The van der Waals surface area contributed by atoms with Crippen LogP contribution in [-0.4, -0.2) is 36.0 Å². The van der Waals surface area contributed by atoms with Crippen molar-refractivity contribution in [1.29, 1.82) is 0 Å². The third kappa shape index (κ3) is 6.85. The molecule has 0 spiro atoms. The van der Waals surface area contributed by atoms with E-state index in [4.69, 9.17) is 9.84 Å². The van der Waals surface area contributed by atoms with E-state index < -0.39 is 12.1 Å². The average Bonchev–Trinajstić information content (AvgIpc) is 3.46. The molecule has 2 aromatic rings. The van der Waals surface area contributed by atoms with Crippen molar-refractivity contribution in [2.45, 2.75) is 63.6 Å². The van der Waals surface area contributed by atoms with Gasteiger partial charge in [0.05, 0.1) is 0 Å². The number of carboxylic acids is 1. The third-order valence-corrected chi connectivity index (χ3v) is 5.10. The first-order valence-electron chi connectivity index (χ1n) is 9.75. The monoisotopic (exact) mass is 359 g/mol. The van der Waals surface area contributed by atoms with Crippen molar-refractivity contribution in [3.63, 3.8) is 0 Å². The Labute approximate surface area is 174 Å². The van der Waals surface area contributed by atoms with Crippen LogP contribution in [0, 0.1) is 0 Å². The third-order valence-electron chi connectivity index (χ3n) is 5.10. The molecule has 0 aromatic heterocycles. The zero-order valence-electron chi connectivity index (χ0n) is 16.3. The fourth-order valence-electron chi connectivity index (χ4n) is 3.57. The minimum Gasteiger partial charge on any atom is -0.479 e. The second-order valence-corrected chi connectivity index (χ2v) is 7.12. The van der Waals surface area contributed by atoms with Gasteiger partial charge in [0.25, 0.3) is 0 Å². The molecule has 1 saturated heterocycles. The first-order valence-corrected chi connectivity index (χ1v) is 9.75. The Morgan fingerprint density at radius 3 is 2.07 bits per heavy atom. The Hall–Kier alpha value is -1.53. The fraction of sp³-hybridized carbons (Fsp3) is 0.435. The molecule has 1 fully saturated rings. The average molecular weight is 359 g/mol. The van der Waals surface area contributed by atoms with E-state index in [9.17, 15) is 4.79 Å². The molecule has 0 unspecified atom stereocenters. The normalized spacial score (nSPS) is 17.9. The topological polar surface area (TPSA) is 49.8 Å². The minimum absolute atomic E-state index is 0. The standard InChI is InChI=1S/C23H28O3.Li/c24-23(25)22-21(26-22)20-17-11-10-16-19(20)15-9-4-2-1-3-6-12-18-13-7-5-8-14-18;/h5,7-8,10-11,13-14,16-17,21-22H,1-4,6,9,12,15H2,(H,24,25);/t21-,22+;/m0./s1. The van der Waals surface area contributed by atoms with Crippen LogP contribution in [0.15, 0.2) is 54.6 Å². The number of rotatable bonds is 11. The van der Waals surface area contributed by atoms with Crippen LogP contribution in [0.2, 0.25) is 0 Å². The first kappa shape index (κ1) is 21.8. The van der Waals surface area contributed by atoms with Crippen molar-refractivity contribution < 1.29 is 14.6 Å². The number of benzene rings is 2. The Morgan fingerprint density at radius 1 is 0.815 bits per heavy atom. The molecule has 1 N–H and O–H groups in total. The van der Waals surface area contributed by atoms with E-state index in [0.29, 0.717) is 0 Å². The second kappa shape index (κ2) is 11.3. The molecule has 1 radical (unpaired) electrons. The summed E-state index contributed by atoms with van der Waals surface area (Å²) in [5.74, 6) is -0.861. The van der Waals surface area contributed by atoms with E-state index in [1.165, 1.54) is 49.7 Å². The van der Waals surface area contributed by atoms with Crippen LogP contribution in [0.1, 0.15) is 61.3 Å². The van der Waals surface area contributed by atoms with Crippen LogP contribution >= 0.6 is 0 Å². The summed E-state index contributed by atoms with van der Waals surface area (Å²) < 4.78 is 5.31. The minimum atomic E-state index is -0.861. The summed E-state index contributed by atoms with van der Waals surface area (Å²) in [5, 5.41) is 9.04. The molecule has 0 bridgehead atoms. The molecule has 0 saturated carbocycles. The molecule has 27 heavy (non-hydrogen) atoms. The predicted molar refractivity (Wildman–Crippen MR) is 109 cm³/mol. The summed E-state index contributed by atoms with van der Waals surface area (Å²) in [6.07, 6.45) is 8.79. The molecule has 3 rings (SSSR count). The number of hydrogen-bond acceptors (Lipinski definition) is 2. The van der Waals surface area contributed by atoms with Crippen LogP contribution in [0.25, 0.3) is 0 Å². The molecular weight excluding hydrogens is 331 g/mol. The van der Waals surface area contributed by atoms with Crippen molar-refractivity contribution >= 4 is 24.8 Å². The largest absolute Gasteiger partial charge is 0.479 e. The smallest absolute Gasteiger partial charge is 0.335 e. The Kier molecular flexibility index (Phi) is 9.14. The molecule has 1 aliphatic rings. The maximum Gasteiger partial charge on any atom is 0.335 e. The van der Waals surface area contributed by atoms with Crippen molar-refractivity contribution in [3.8, 4) is 0 Å². The second-order valence-electron chi connectivity index (χ2n) is 7.12. The molecular formula is C23H28LiO3. The van der Waals surface area contributed by atoms with Gasteiger partial charge in [0.2, 0.25) is 0 Å². The molecule has 1 aliphatic heterocycles. The summed E-state index contributed by atoms with van der Waals surface area (Å²) in [4.78, 5) is 11.0. The van der Waals surface area contributed by atoms with E-state index in [0.717, 1.165) is 18.4 Å². The summed E-state index contributed by atoms with van der Waals surface area (Å²) in [6.45, 7) is 0. The van der Waals surface area contributed by atoms with Gasteiger partial charge in [-0.1, -0.05) is 80.3 Å². The Bertz CT molecular complexity index is 702. The number of ether oxygens (including phenoxy) is 1.